The van der Waals surface area contributed by atoms with Gasteiger partial charge in [0.2, 0.25) is 21.8 Å². The average molecular weight is 610 g/mol. The number of aryl methyl sites for hydroxylation is 1. The van der Waals surface area contributed by atoms with Gasteiger partial charge >= 0.3 is 0 Å². The number of halogens is 1. The van der Waals surface area contributed by atoms with Crippen molar-refractivity contribution in [3.8, 4) is 0 Å². The van der Waals surface area contributed by atoms with E-state index in [-0.39, 0.29) is 24.9 Å². The Morgan fingerprint density at radius 1 is 0.929 bits per heavy atom. The van der Waals surface area contributed by atoms with E-state index in [0.29, 0.717) is 16.3 Å². The first kappa shape index (κ1) is 31.6. The van der Waals surface area contributed by atoms with Crippen LogP contribution in [0.4, 0.5) is 5.69 Å². The Kier molecular flexibility index (Phi) is 10.7. The van der Waals surface area contributed by atoms with Crippen LogP contribution in [0.3, 0.4) is 0 Å². The topological polar surface area (TPSA) is 86.8 Å². The van der Waals surface area contributed by atoms with Crippen molar-refractivity contribution in [1.82, 2.24) is 10.2 Å². The molecule has 0 heterocycles. The molecule has 0 saturated heterocycles. The summed E-state index contributed by atoms with van der Waals surface area (Å²) >= 11 is 6.54. The van der Waals surface area contributed by atoms with E-state index in [0.717, 1.165) is 59.4 Å². The standard InChI is InChI=1S/C33H40ClN3O4S/c1-24-13-12-20-30(25(24)2)37(42(3,40)41)23-32(38)36(22-27-16-10-11-19-29(27)34)31(21-26-14-6-4-7-15-26)33(39)35-28-17-8-5-9-18-28/h4,6-7,10-16,19-20,28,31H,5,8-9,17-18,21-23H2,1-3H3,(H,35,39). The van der Waals surface area contributed by atoms with Crippen molar-refractivity contribution in [2.75, 3.05) is 17.1 Å². The summed E-state index contributed by atoms with van der Waals surface area (Å²) in [5, 5.41) is 3.68. The summed E-state index contributed by atoms with van der Waals surface area (Å²) in [4.78, 5) is 29.8. The van der Waals surface area contributed by atoms with E-state index in [4.69, 9.17) is 11.6 Å². The molecule has 1 N–H and O–H groups in total. The first-order valence-electron chi connectivity index (χ1n) is 14.5. The Morgan fingerprint density at radius 2 is 1.60 bits per heavy atom. The molecule has 1 aliphatic carbocycles. The highest BCUT2D eigenvalue weighted by Crippen LogP contribution is 2.27. The zero-order valence-electron chi connectivity index (χ0n) is 24.6. The Hall–Kier alpha value is -3.36. The first-order chi connectivity index (χ1) is 20.0. The summed E-state index contributed by atoms with van der Waals surface area (Å²) in [6, 6.07) is 21.3. The van der Waals surface area contributed by atoms with Crippen LogP contribution in [-0.2, 0) is 32.6 Å². The number of nitrogens with one attached hydrogen (secondary N) is 1. The van der Waals surface area contributed by atoms with Crippen molar-refractivity contribution in [2.45, 2.75) is 71.0 Å². The van der Waals surface area contributed by atoms with Crippen LogP contribution in [0.25, 0.3) is 0 Å². The number of carbonyl (C=O) groups is 2. The van der Waals surface area contributed by atoms with Gasteiger partial charge in [0.25, 0.3) is 0 Å². The van der Waals surface area contributed by atoms with Crippen molar-refractivity contribution in [3.63, 3.8) is 0 Å². The number of sulfonamides is 1. The fraction of sp³-hybridized carbons (Fsp3) is 0.394. The van der Waals surface area contributed by atoms with Gasteiger partial charge in [0.1, 0.15) is 12.6 Å². The largest absolute Gasteiger partial charge is 0.352 e. The molecule has 42 heavy (non-hydrogen) atoms. The van der Waals surface area contributed by atoms with Gasteiger partial charge in [-0.25, -0.2) is 8.42 Å². The maximum absolute atomic E-state index is 14.3. The van der Waals surface area contributed by atoms with E-state index < -0.39 is 28.5 Å². The Labute approximate surface area is 254 Å². The highest BCUT2D eigenvalue weighted by atomic mass is 35.5. The number of hydrogen-bond donors (Lipinski definition) is 1. The summed E-state index contributed by atoms with van der Waals surface area (Å²) in [7, 11) is -3.84. The molecule has 1 saturated carbocycles. The van der Waals surface area contributed by atoms with Crippen molar-refractivity contribution < 1.29 is 18.0 Å². The van der Waals surface area contributed by atoms with E-state index in [1.165, 1.54) is 4.90 Å². The number of rotatable bonds is 11. The molecule has 3 aromatic carbocycles. The molecule has 3 aromatic rings. The van der Waals surface area contributed by atoms with Crippen LogP contribution in [0.15, 0.2) is 72.8 Å². The first-order valence-corrected chi connectivity index (χ1v) is 16.7. The van der Waals surface area contributed by atoms with E-state index in [2.05, 4.69) is 5.32 Å². The molecular weight excluding hydrogens is 570 g/mol. The molecule has 0 bridgehead atoms. The van der Waals surface area contributed by atoms with Crippen LogP contribution in [0.2, 0.25) is 5.02 Å². The SMILES string of the molecule is Cc1cccc(N(CC(=O)N(Cc2ccccc2Cl)C(Cc2ccccc2)C(=O)NC2CCCCC2)S(C)(=O)=O)c1C. The number of hydrogen-bond acceptors (Lipinski definition) is 4. The number of nitrogens with zero attached hydrogens (tertiary/aromatic N) is 2. The Balaban J connectivity index is 1.75. The number of anilines is 1. The van der Waals surface area contributed by atoms with Crippen LogP contribution < -0.4 is 9.62 Å². The second-order valence-corrected chi connectivity index (χ2v) is 13.5. The van der Waals surface area contributed by atoms with Crippen LogP contribution in [0.5, 0.6) is 0 Å². The maximum atomic E-state index is 14.3. The molecule has 224 valence electrons. The fourth-order valence-electron chi connectivity index (χ4n) is 5.51. The molecule has 0 spiro atoms. The third-order valence-electron chi connectivity index (χ3n) is 8.05. The highest BCUT2D eigenvalue weighted by molar-refractivity contribution is 7.92. The van der Waals surface area contributed by atoms with Gasteiger partial charge in [-0.2, -0.15) is 0 Å². The van der Waals surface area contributed by atoms with Gasteiger partial charge in [-0.3, -0.25) is 13.9 Å². The van der Waals surface area contributed by atoms with Crippen molar-refractivity contribution in [2.24, 2.45) is 0 Å². The second-order valence-electron chi connectivity index (χ2n) is 11.2. The van der Waals surface area contributed by atoms with Gasteiger partial charge in [-0.15, -0.1) is 0 Å². The zero-order valence-corrected chi connectivity index (χ0v) is 26.1. The normalized spacial score (nSPS) is 14.7. The monoisotopic (exact) mass is 609 g/mol. The van der Waals surface area contributed by atoms with Gasteiger partial charge in [-0.1, -0.05) is 91.5 Å². The minimum atomic E-state index is -3.84. The lowest BCUT2D eigenvalue weighted by Gasteiger charge is -2.35. The molecule has 1 aliphatic rings. The molecule has 1 unspecified atom stereocenters. The van der Waals surface area contributed by atoms with Crippen molar-refractivity contribution in [1.29, 1.82) is 0 Å². The molecule has 1 atom stereocenters. The van der Waals surface area contributed by atoms with E-state index in [9.17, 15) is 18.0 Å². The average Bonchev–Trinajstić information content (AvgIpc) is 2.96. The maximum Gasteiger partial charge on any atom is 0.244 e. The van der Waals surface area contributed by atoms with Crippen molar-refractivity contribution in [3.05, 3.63) is 100 Å². The lowest BCUT2D eigenvalue weighted by molar-refractivity contribution is -0.140. The lowest BCUT2D eigenvalue weighted by Crippen LogP contribution is -2.55. The third-order valence-corrected chi connectivity index (χ3v) is 9.54. The zero-order chi connectivity index (χ0) is 30.3. The number of benzene rings is 3. The van der Waals surface area contributed by atoms with Crippen LogP contribution in [0, 0.1) is 13.8 Å². The third kappa shape index (κ3) is 8.13. The van der Waals surface area contributed by atoms with Gasteiger partial charge < -0.3 is 10.2 Å². The number of carbonyl (C=O) groups excluding carboxylic acids is 2. The van der Waals surface area contributed by atoms with E-state index in [1.54, 1.807) is 24.3 Å². The van der Waals surface area contributed by atoms with Crippen LogP contribution in [0.1, 0.15) is 54.4 Å². The highest BCUT2D eigenvalue weighted by Gasteiger charge is 2.34. The van der Waals surface area contributed by atoms with E-state index in [1.807, 2.05) is 62.4 Å². The Bertz CT molecular complexity index is 1490. The summed E-state index contributed by atoms with van der Waals surface area (Å²) in [6.07, 6.45) is 6.42. The second kappa shape index (κ2) is 14.2. The van der Waals surface area contributed by atoms with E-state index >= 15 is 0 Å². The molecule has 2 amide bonds. The smallest absolute Gasteiger partial charge is 0.244 e. The Morgan fingerprint density at radius 3 is 2.26 bits per heavy atom. The van der Waals surface area contributed by atoms with Gasteiger partial charge in [0.05, 0.1) is 11.9 Å². The van der Waals surface area contributed by atoms with Gasteiger partial charge in [-0.05, 0) is 61.1 Å². The lowest BCUT2D eigenvalue weighted by atomic mass is 9.94. The molecule has 1 fully saturated rings. The molecule has 4 rings (SSSR count). The summed E-state index contributed by atoms with van der Waals surface area (Å²) in [6.45, 7) is 3.34. The molecule has 0 radical (unpaired) electrons. The fourth-order valence-corrected chi connectivity index (χ4v) is 6.60. The quantitative estimate of drug-likeness (QED) is 0.297. The van der Waals surface area contributed by atoms with Crippen LogP contribution >= 0.6 is 11.6 Å². The minimum Gasteiger partial charge on any atom is -0.352 e. The molecule has 0 aromatic heterocycles. The van der Waals surface area contributed by atoms with Gasteiger partial charge in [0, 0.05) is 24.0 Å². The van der Waals surface area contributed by atoms with Crippen LogP contribution in [-0.4, -0.2) is 50.0 Å². The molecule has 0 aliphatic heterocycles. The predicted octanol–water partition coefficient (Wildman–Crippen LogP) is 5.81. The minimum absolute atomic E-state index is 0.0456. The number of amides is 2. The van der Waals surface area contributed by atoms with Crippen molar-refractivity contribution >= 4 is 39.1 Å². The summed E-state index contributed by atoms with van der Waals surface area (Å²) < 4.78 is 27.3. The molecular formula is C33H40ClN3O4S. The predicted molar refractivity (Wildman–Crippen MR) is 169 cm³/mol. The summed E-state index contributed by atoms with van der Waals surface area (Å²) in [5.41, 5.74) is 3.69. The molecule has 7 nitrogen and oxygen atoms in total. The van der Waals surface area contributed by atoms with Gasteiger partial charge in [0.15, 0.2) is 0 Å². The molecule has 9 heteroatoms. The summed E-state index contributed by atoms with van der Waals surface area (Å²) in [5.74, 6) is -0.732.